The number of hydrogen-bond acceptors (Lipinski definition) is 4. The smallest absolute Gasteiger partial charge is 0.248 e. The van der Waals surface area contributed by atoms with E-state index in [1.807, 2.05) is 36.4 Å². The second-order valence-electron chi connectivity index (χ2n) is 9.18. The largest absolute Gasteiger partial charge is 0.368 e. The molecule has 2 heterocycles. The quantitative estimate of drug-likeness (QED) is 0.600. The van der Waals surface area contributed by atoms with Crippen molar-refractivity contribution < 1.29 is 14.3 Å². The van der Waals surface area contributed by atoms with Crippen LogP contribution in [0, 0.1) is 0 Å². The predicted molar refractivity (Wildman–Crippen MR) is 129 cm³/mol. The summed E-state index contributed by atoms with van der Waals surface area (Å²) in [5.74, 6) is 0.00653. The highest BCUT2D eigenvalue weighted by Crippen LogP contribution is 2.44. The van der Waals surface area contributed by atoms with Gasteiger partial charge in [-0.15, -0.1) is 0 Å². The SMILES string of the molecule is NC(=O)c1ccc2c(C3CCCCC3)c(-c3ccccc3)n(CC(=O)C3CNCCO3)c2c1. The fraction of sp³-hybridized carbons (Fsp3) is 0.407. The third-order valence-corrected chi connectivity index (χ3v) is 7.05. The van der Waals surface area contributed by atoms with Gasteiger partial charge in [-0.25, -0.2) is 0 Å². The molecule has 1 saturated carbocycles. The molecular formula is C27H31N3O3. The van der Waals surface area contributed by atoms with Crippen LogP contribution in [0.25, 0.3) is 22.2 Å². The summed E-state index contributed by atoms with van der Waals surface area (Å²) < 4.78 is 7.85. The van der Waals surface area contributed by atoms with Crippen molar-refractivity contribution in [2.24, 2.45) is 5.73 Å². The van der Waals surface area contributed by atoms with Gasteiger partial charge in [-0.2, -0.15) is 0 Å². The lowest BCUT2D eigenvalue weighted by Crippen LogP contribution is -2.44. The summed E-state index contributed by atoms with van der Waals surface area (Å²) >= 11 is 0. The Hall–Kier alpha value is -2.96. The van der Waals surface area contributed by atoms with Crippen molar-refractivity contribution in [3.8, 4) is 11.3 Å². The monoisotopic (exact) mass is 445 g/mol. The summed E-state index contributed by atoms with van der Waals surface area (Å²) in [6, 6.07) is 16.0. The molecule has 2 fully saturated rings. The highest BCUT2D eigenvalue weighted by molar-refractivity contribution is 6.01. The van der Waals surface area contributed by atoms with E-state index < -0.39 is 12.0 Å². The van der Waals surface area contributed by atoms with E-state index in [0.717, 1.165) is 41.5 Å². The Bertz CT molecular complexity index is 1160. The Morgan fingerprint density at radius 2 is 1.85 bits per heavy atom. The van der Waals surface area contributed by atoms with Crippen LogP contribution in [-0.2, 0) is 16.1 Å². The van der Waals surface area contributed by atoms with Crippen molar-refractivity contribution in [2.75, 3.05) is 19.7 Å². The molecule has 1 aliphatic carbocycles. The summed E-state index contributed by atoms with van der Waals surface area (Å²) in [4.78, 5) is 25.3. The van der Waals surface area contributed by atoms with Crippen LogP contribution in [0.2, 0.25) is 0 Å². The normalized spacial score (nSPS) is 19.6. The van der Waals surface area contributed by atoms with Gasteiger partial charge >= 0.3 is 0 Å². The van der Waals surface area contributed by atoms with Crippen molar-refractivity contribution in [2.45, 2.75) is 50.7 Å². The summed E-state index contributed by atoms with van der Waals surface area (Å²) in [6.45, 7) is 2.02. The number of amides is 1. The number of nitrogens with two attached hydrogens (primary N) is 1. The zero-order valence-corrected chi connectivity index (χ0v) is 18.9. The summed E-state index contributed by atoms with van der Waals surface area (Å²) in [7, 11) is 0. The van der Waals surface area contributed by atoms with E-state index in [9.17, 15) is 9.59 Å². The number of ketones is 1. The topological polar surface area (TPSA) is 86.4 Å². The molecule has 0 spiro atoms. The number of primary amides is 1. The van der Waals surface area contributed by atoms with Crippen molar-refractivity contribution in [1.82, 2.24) is 9.88 Å². The fourth-order valence-corrected chi connectivity index (χ4v) is 5.44. The van der Waals surface area contributed by atoms with Crippen molar-refractivity contribution in [3.63, 3.8) is 0 Å². The first-order valence-electron chi connectivity index (χ1n) is 12.0. The Labute approximate surface area is 194 Å². The van der Waals surface area contributed by atoms with Gasteiger partial charge in [0.1, 0.15) is 6.10 Å². The van der Waals surface area contributed by atoms with Crippen LogP contribution >= 0.6 is 0 Å². The van der Waals surface area contributed by atoms with Crippen LogP contribution in [0.5, 0.6) is 0 Å². The minimum absolute atomic E-state index is 0.0379. The number of aromatic nitrogens is 1. The molecule has 5 rings (SSSR count). The first-order chi connectivity index (χ1) is 16.1. The standard InChI is InChI=1S/C27H31N3O3/c28-27(32)20-11-12-21-22(15-20)30(17-23(31)24-16-29-13-14-33-24)26(19-9-5-2-6-10-19)25(21)18-7-3-1-4-8-18/h2,5-6,9-12,15,18,24,29H,1,3-4,7-8,13-14,16-17H2,(H2,28,32). The van der Waals surface area contributed by atoms with E-state index in [4.69, 9.17) is 10.5 Å². The van der Waals surface area contributed by atoms with Gasteiger partial charge in [-0.05, 0) is 42.0 Å². The molecule has 1 atom stereocenters. The number of nitrogens with zero attached hydrogens (tertiary/aromatic N) is 1. The molecule has 2 aliphatic rings. The van der Waals surface area contributed by atoms with Gasteiger partial charge in [-0.1, -0.05) is 55.7 Å². The number of morpholine rings is 1. The highest BCUT2D eigenvalue weighted by Gasteiger charge is 2.29. The number of rotatable bonds is 6. The van der Waals surface area contributed by atoms with Crippen LogP contribution in [0.1, 0.15) is 53.9 Å². The first kappa shape index (κ1) is 21.9. The van der Waals surface area contributed by atoms with E-state index in [0.29, 0.717) is 24.6 Å². The molecule has 33 heavy (non-hydrogen) atoms. The second kappa shape index (κ2) is 9.49. The maximum absolute atomic E-state index is 13.3. The molecule has 3 N–H and O–H groups in total. The Morgan fingerprint density at radius 1 is 1.06 bits per heavy atom. The zero-order chi connectivity index (χ0) is 22.8. The average Bonchev–Trinajstić information content (AvgIpc) is 3.19. The van der Waals surface area contributed by atoms with Crippen molar-refractivity contribution in [3.05, 3.63) is 59.7 Å². The summed E-state index contributed by atoms with van der Waals surface area (Å²) in [5, 5.41) is 4.36. The molecular weight excluding hydrogens is 414 g/mol. The number of carbonyl (C=O) groups is 2. The van der Waals surface area contributed by atoms with Crippen LogP contribution in [-0.4, -0.2) is 42.1 Å². The van der Waals surface area contributed by atoms with Gasteiger partial charge in [0.25, 0.3) is 0 Å². The van der Waals surface area contributed by atoms with Gasteiger partial charge < -0.3 is 20.4 Å². The second-order valence-corrected chi connectivity index (χ2v) is 9.18. The predicted octanol–water partition coefficient (Wildman–Crippen LogP) is 4.01. The summed E-state index contributed by atoms with van der Waals surface area (Å²) in [5.41, 5.74) is 10.4. The first-order valence-corrected chi connectivity index (χ1v) is 12.0. The molecule has 172 valence electrons. The van der Waals surface area contributed by atoms with E-state index >= 15 is 0 Å². The summed E-state index contributed by atoms with van der Waals surface area (Å²) in [6.07, 6.45) is 5.51. The Kier molecular flexibility index (Phi) is 6.29. The van der Waals surface area contributed by atoms with Gasteiger partial charge in [-0.3, -0.25) is 9.59 Å². The fourth-order valence-electron chi connectivity index (χ4n) is 5.44. The van der Waals surface area contributed by atoms with Gasteiger partial charge in [0, 0.05) is 29.6 Å². The number of fused-ring (bicyclic) bond motifs is 1. The van der Waals surface area contributed by atoms with Gasteiger partial charge in [0.15, 0.2) is 5.78 Å². The molecule has 3 aromatic rings. The lowest BCUT2D eigenvalue weighted by molar-refractivity contribution is -0.132. The van der Waals surface area contributed by atoms with E-state index in [-0.39, 0.29) is 12.3 Å². The molecule has 2 aromatic carbocycles. The Balaban J connectivity index is 1.71. The van der Waals surface area contributed by atoms with Crippen molar-refractivity contribution in [1.29, 1.82) is 0 Å². The minimum Gasteiger partial charge on any atom is -0.368 e. The average molecular weight is 446 g/mol. The zero-order valence-electron chi connectivity index (χ0n) is 18.9. The van der Waals surface area contributed by atoms with Crippen LogP contribution in [0.3, 0.4) is 0 Å². The van der Waals surface area contributed by atoms with E-state index in [1.54, 1.807) is 0 Å². The molecule has 6 nitrogen and oxygen atoms in total. The molecule has 0 radical (unpaired) electrons. The number of benzene rings is 2. The molecule has 0 bridgehead atoms. The lowest BCUT2D eigenvalue weighted by atomic mass is 9.82. The minimum atomic E-state index is -0.462. The third kappa shape index (κ3) is 4.33. The molecule has 1 aromatic heterocycles. The number of carbonyl (C=O) groups excluding carboxylic acids is 2. The number of hydrogen-bond donors (Lipinski definition) is 2. The van der Waals surface area contributed by atoms with Gasteiger partial charge in [0.2, 0.25) is 5.91 Å². The lowest BCUT2D eigenvalue weighted by Gasteiger charge is -2.25. The highest BCUT2D eigenvalue weighted by atomic mass is 16.5. The number of Topliss-reactive ketones (excluding diaryl/α,β-unsaturated/α-hetero) is 1. The van der Waals surface area contributed by atoms with Crippen molar-refractivity contribution >= 4 is 22.6 Å². The molecule has 1 amide bonds. The molecule has 1 aliphatic heterocycles. The van der Waals surface area contributed by atoms with Crippen LogP contribution in [0.4, 0.5) is 0 Å². The maximum atomic E-state index is 13.3. The van der Waals surface area contributed by atoms with Crippen LogP contribution in [0.15, 0.2) is 48.5 Å². The maximum Gasteiger partial charge on any atom is 0.248 e. The number of ether oxygens (including phenoxy) is 1. The third-order valence-electron chi connectivity index (χ3n) is 7.05. The molecule has 6 heteroatoms. The van der Waals surface area contributed by atoms with Crippen LogP contribution < -0.4 is 11.1 Å². The van der Waals surface area contributed by atoms with E-state index in [2.05, 4.69) is 22.0 Å². The molecule has 1 saturated heterocycles. The number of nitrogens with one attached hydrogen (secondary N) is 1. The van der Waals surface area contributed by atoms with E-state index in [1.165, 1.54) is 24.8 Å². The van der Waals surface area contributed by atoms with Gasteiger partial charge in [0.05, 0.1) is 18.8 Å². The molecule has 1 unspecified atom stereocenters. The Morgan fingerprint density at radius 3 is 2.55 bits per heavy atom.